The zero-order valence-corrected chi connectivity index (χ0v) is 18.8. The van der Waals surface area contributed by atoms with Crippen molar-refractivity contribution in [2.75, 3.05) is 13.2 Å². The van der Waals surface area contributed by atoms with E-state index in [-0.39, 0.29) is 11.4 Å². The van der Waals surface area contributed by atoms with E-state index in [0.717, 1.165) is 45.2 Å². The summed E-state index contributed by atoms with van der Waals surface area (Å²) in [6.07, 6.45) is 1.80. The van der Waals surface area contributed by atoms with Crippen LogP contribution >= 0.6 is 0 Å². The molecule has 0 saturated heterocycles. The quantitative estimate of drug-likeness (QED) is 0.621. The zero-order valence-electron chi connectivity index (χ0n) is 18.8. The number of nitrogens with two attached hydrogens (primary N) is 1. The highest BCUT2D eigenvalue weighted by molar-refractivity contribution is 5.78. The van der Waals surface area contributed by atoms with Crippen LogP contribution in [0.5, 0.6) is 17.2 Å². The number of hydrogen-bond donors (Lipinski definition) is 1. The van der Waals surface area contributed by atoms with Crippen molar-refractivity contribution in [2.24, 2.45) is 16.1 Å². The first-order valence-electron chi connectivity index (χ1n) is 10.8. The second-order valence-corrected chi connectivity index (χ2v) is 9.56. The molecular weight excluding hydrogens is 402 g/mol. The van der Waals surface area contributed by atoms with Crippen molar-refractivity contribution >= 4 is 6.02 Å². The predicted molar refractivity (Wildman–Crippen MR) is 124 cm³/mol. The molecule has 6 nitrogen and oxygen atoms in total. The smallest absolute Gasteiger partial charge is 0.283 e. The Morgan fingerprint density at radius 2 is 1.81 bits per heavy atom. The van der Waals surface area contributed by atoms with Crippen LogP contribution in [-0.2, 0) is 10.3 Å². The molecule has 2 aliphatic rings. The lowest BCUT2D eigenvalue weighted by atomic mass is 9.80. The van der Waals surface area contributed by atoms with Crippen LogP contribution in [0.25, 0.3) is 11.1 Å². The lowest BCUT2D eigenvalue weighted by molar-refractivity contribution is 0.197. The molecule has 0 fully saturated rings. The number of rotatable bonds is 3. The number of ether oxygens (including phenoxy) is 3. The van der Waals surface area contributed by atoms with Gasteiger partial charge in [-0.2, -0.15) is 0 Å². The van der Waals surface area contributed by atoms with E-state index in [1.54, 1.807) is 6.20 Å². The molecule has 2 aliphatic heterocycles. The second-order valence-electron chi connectivity index (χ2n) is 9.56. The average molecular weight is 430 g/mol. The van der Waals surface area contributed by atoms with E-state index in [1.165, 1.54) is 0 Å². The molecule has 1 spiro atoms. The third kappa shape index (κ3) is 3.45. The maximum atomic E-state index is 6.28. The van der Waals surface area contributed by atoms with E-state index in [1.807, 2.05) is 43.3 Å². The van der Waals surface area contributed by atoms with E-state index in [9.17, 15) is 0 Å². The fraction of sp³-hybridized carbons (Fsp3) is 0.308. The Labute approximate surface area is 188 Å². The van der Waals surface area contributed by atoms with E-state index < -0.39 is 5.54 Å². The first-order chi connectivity index (χ1) is 15.2. The minimum atomic E-state index is -0.791. The van der Waals surface area contributed by atoms with Crippen molar-refractivity contribution in [2.45, 2.75) is 33.2 Å². The summed E-state index contributed by atoms with van der Waals surface area (Å²) in [5.74, 6) is 2.24. The number of fused-ring (bicyclic) bond motifs is 4. The number of benzene rings is 2. The first kappa shape index (κ1) is 20.4. The van der Waals surface area contributed by atoms with Gasteiger partial charge in [0, 0.05) is 28.6 Å². The molecule has 2 N–H and O–H groups in total. The van der Waals surface area contributed by atoms with Crippen LogP contribution in [0.2, 0.25) is 0 Å². The van der Waals surface area contributed by atoms with Gasteiger partial charge in [0.1, 0.15) is 23.9 Å². The third-order valence-corrected chi connectivity index (χ3v) is 5.76. The maximum Gasteiger partial charge on any atom is 0.283 e. The van der Waals surface area contributed by atoms with Crippen molar-refractivity contribution in [3.63, 3.8) is 0 Å². The summed E-state index contributed by atoms with van der Waals surface area (Å²) in [7, 11) is 0. The number of hydrogen-bond acceptors (Lipinski definition) is 6. The van der Waals surface area contributed by atoms with Gasteiger partial charge in [0.25, 0.3) is 6.02 Å². The van der Waals surface area contributed by atoms with Crippen molar-refractivity contribution < 1.29 is 14.2 Å². The Morgan fingerprint density at radius 1 is 1.06 bits per heavy atom. The van der Waals surface area contributed by atoms with Gasteiger partial charge in [-0.05, 0) is 54.3 Å². The van der Waals surface area contributed by atoms with Gasteiger partial charge in [0.2, 0.25) is 0 Å². The van der Waals surface area contributed by atoms with Gasteiger partial charge >= 0.3 is 0 Å². The lowest BCUT2D eigenvalue weighted by Gasteiger charge is -2.34. The van der Waals surface area contributed by atoms with Crippen LogP contribution in [0, 0.1) is 12.3 Å². The molecule has 0 amide bonds. The molecule has 0 unspecified atom stereocenters. The molecule has 1 aromatic heterocycles. The highest BCUT2D eigenvalue weighted by atomic mass is 16.5. The van der Waals surface area contributed by atoms with Crippen LogP contribution < -0.4 is 15.2 Å². The normalized spacial score (nSPS) is 18.9. The Bertz CT molecular complexity index is 1230. The van der Waals surface area contributed by atoms with Crippen LogP contribution in [0.3, 0.4) is 0 Å². The largest absolute Gasteiger partial charge is 0.493 e. The van der Waals surface area contributed by atoms with E-state index in [4.69, 9.17) is 24.9 Å². The Morgan fingerprint density at radius 3 is 2.50 bits per heavy atom. The van der Waals surface area contributed by atoms with Gasteiger partial charge in [-0.25, -0.2) is 4.99 Å². The minimum Gasteiger partial charge on any atom is -0.493 e. The molecule has 2 aromatic carbocycles. The molecule has 0 bridgehead atoms. The predicted octanol–water partition coefficient (Wildman–Crippen LogP) is 5.18. The number of pyridine rings is 1. The molecule has 5 rings (SSSR count). The van der Waals surface area contributed by atoms with Crippen LogP contribution in [0.4, 0.5) is 0 Å². The van der Waals surface area contributed by atoms with Crippen molar-refractivity contribution in [3.8, 4) is 28.4 Å². The molecule has 32 heavy (non-hydrogen) atoms. The van der Waals surface area contributed by atoms with Crippen molar-refractivity contribution in [1.82, 2.24) is 4.98 Å². The van der Waals surface area contributed by atoms with Gasteiger partial charge in [0.15, 0.2) is 5.54 Å². The third-order valence-electron chi connectivity index (χ3n) is 5.76. The molecule has 3 heterocycles. The number of aliphatic imine (C=N–C) groups is 1. The van der Waals surface area contributed by atoms with E-state index >= 15 is 0 Å². The van der Waals surface area contributed by atoms with Gasteiger partial charge in [-0.15, -0.1) is 0 Å². The number of nitrogens with zero attached hydrogens (tertiary/aromatic N) is 2. The van der Waals surface area contributed by atoms with Crippen LogP contribution in [0.1, 0.15) is 37.6 Å². The topological polar surface area (TPSA) is 79.0 Å². The minimum absolute atomic E-state index is 0.0478. The molecule has 0 aliphatic carbocycles. The summed E-state index contributed by atoms with van der Waals surface area (Å²) in [5.41, 5.74) is 10.2. The molecule has 6 heteroatoms. The van der Waals surface area contributed by atoms with Gasteiger partial charge in [-0.3, -0.25) is 4.98 Å². The number of aromatic nitrogens is 1. The molecular formula is C26H27N3O3. The molecule has 3 aromatic rings. The van der Waals surface area contributed by atoms with E-state index in [2.05, 4.69) is 37.9 Å². The van der Waals surface area contributed by atoms with Gasteiger partial charge in [0.05, 0.1) is 6.61 Å². The molecule has 164 valence electrons. The van der Waals surface area contributed by atoms with Crippen molar-refractivity contribution in [1.29, 1.82) is 0 Å². The Hall–Kier alpha value is -3.54. The number of aryl methyl sites for hydroxylation is 1. The SMILES string of the molecule is Cc1ncccc1-c1ccc2c(c1)[C@@]1(COC(N)=N1)c1cc(OCC(C)(C)C)ccc1O2. The number of amidine groups is 1. The van der Waals surface area contributed by atoms with Crippen LogP contribution in [0.15, 0.2) is 59.7 Å². The lowest BCUT2D eigenvalue weighted by Crippen LogP contribution is -2.31. The molecule has 1 atom stereocenters. The second kappa shape index (κ2) is 7.26. The summed E-state index contributed by atoms with van der Waals surface area (Å²) < 4.78 is 18.1. The summed E-state index contributed by atoms with van der Waals surface area (Å²) in [5, 5.41) is 0. The summed E-state index contributed by atoms with van der Waals surface area (Å²) in [4.78, 5) is 9.23. The van der Waals surface area contributed by atoms with E-state index in [0.29, 0.717) is 13.2 Å². The zero-order chi connectivity index (χ0) is 22.5. The first-order valence-corrected chi connectivity index (χ1v) is 10.8. The van der Waals surface area contributed by atoms with Gasteiger partial charge in [-0.1, -0.05) is 32.9 Å². The monoisotopic (exact) mass is 429 g/mol. The molecule has 0 saturated carbocycles. The Kier molecular flexibility index (Phi) is 4.62. The fourth-order valence-electron chi connectivity index (χ4n) is 4.18. The average Bonchev–Trinajstić information content (AvgIpc) is 3.15. The Balaban J connectivity index is 1.64. The van der Waals surface area contributed by atoms with Crippen LogP contribution in [-0.4, -0.2) is 24.2 Å². The highest BCUT2D eigenvalue weighted by Crippen LogP contribution is 2.52. The summed E-state index contributed by atoms with van der Waals surface area (Å²) in [6, 6.07) is 16.2. The molecule has 0 radical (unpaired) electrons. The highest BCUT2D eigenvalue weighted by Gasteiger charge is 2.47. The van der Waals surface area contributed by atoms with Gasteiger partial charge < -0.3 is 19.9 Å². The standard InChI is InChI=1S/C26H27N3O3/c1-16-19(6-5-11-28-16)17-7-9-22-20(12-17)26(15-31-24(27)29-26)21-13-18(8-10-23(21)32-22)30-14-25(2,3)4/h5-13H,14-15H2,1-4H3,(H2,27,29)/t26-/m0/s1. The maximum absolute atomic E-state index is 6.28. The fourth-order valence-corrected chi connectivity index (χ4v) is 4.18. The van der Waals surface area contributed by atoms with Crippen molar-refractivity contribution in [3.05, 3.63) is 71.5 Å². The summed E-state index contributed by atoms with van der Waals surface area (Å²) in [6.45, 7) is 9.34. The summed E-state index contributed by atoms with van der Waals surface area (Å²) >= 11 is 0.